The number of carbonyl (C=O) groups excluding carboxylic acids is 1. The highest BCUT2D eigenvalue weighted by molar-refractivity contribution is 9.11. The summed E-state index contributed by atoms with van der Waals surface area (Å²) in [7, 11) is 0. The van der Waals surface area contributed by atoms with Crippen molar-refractivity contribution in [1.29, 1.82) is 0 Å². The lowest BCUT2D eigenvalue weighted by Crippen LogP contribution is -2.23. The standard InChI is InChI=1S/C15H22Br2N2O/c1-9(2)4-11(8-18)7-14(20)19-15-12(16)5-10(3)6-13(15)17/h5-6,9,11H,4,7-8,18H2,1-3H3,(H,19,20)/t11-/m0/s1. The summed E-state index contributed by atoms with van der Waals surface area (Å²) in [5.41, 5.74) is 7.65. The highest BCUT2D eigenvalue weighted by Crippen LogP contribution is 2.32. The van der Waals surface area contributed by atoms with Crippen LogP contribution in [0.4, 0.5) is 5.69 Å². The molecule has 0 fully saturated rings. The lowest BCUT2D eigenvalue weighted by atomic mass is 9.94. The molecule has 0 unspecified atom stereocenters. The van der Waals surface area contributed by atoms with Crippen molar-refractivity contribution in [2.45, 2.75) is 33.6 Å². The van der Waals surface area contributed by atoms with Crippen molar-refractivity contribution >= 4 is 43.5 Å². The van der Waals surface area contributed by atoms with Gasteiger partial charge in [-0.3, -0.25) is 4.79 Å². The zero-order valence-corrected chi connectivity index (χ0v) is 15.3. The van der Waals surface area contributed by atoms with Gasteiger partial charge in [0.15, 0.2) is 0 Å². The number of amides is 1. The van der Waals surface area contributed by atoms with E-state index in [2.05, 4.69) is 51.0 Å². The summed E-state index contributed by atoms with van der Waals surface area (Å²) in [6, 6.07) is 3.96. The van der Waals surface area contributed by atoms with E-state index in [1.165, 1.54) is 0 Å². The van der Waals surface area contributed by atoms with Gasteiger partial charge in [-0.1, -0.05) is 13.8 Å². The molecule has 1 rings (SSSR count). The first-order chi connectivity index (χ1) is 9.33. The summed E-state index contributed by atoms with van der Waals surface area (Å²) in [4.78, 5) is 12.1. The molecule has 1 aromatic rings. The first kappa shape index (κ1) is 17.7. The molecule has 1 atom stereocenters. The molecule has 5 heteroatoms. The Morgan fingerprint density at radius 3 is 2.30 bits per heavy atom. The van der Waals surface area contributed by atoms with Crippen LogP contribution in [0.1, 0.15) is 32.3 Å². The molecule has 0 aliphatic carbocycles. The molecule has 0 aliphatic rings. The second-order valence-electron chi connectivity index (χ2n) is 5.59. The Kier molecular flexibility index (Phi) is 7.20. The Morgan fingerprint density at radius 2 is 1.85 bits per heavy atom. The Hall–Kier alpha value is -0.390. The quantitative estimate of drug-likeness (QED) is 0.733. The molecule has 20 heavy (non-hydrogen) atoms. The number of benzene rings is 1. The van der Waals surface area contributed by atoms with Gasteiger partial charge in [0.1, 0.15) is 0 Å². The first-order valence-electron chi connectivity index (χ1n) is 6.79. The van der Waals surface area contributed by atoms with E-state index in [1.54, 1.807) is 0 Å². The molecule has 0 spiro atoms. The van der Waals surface area contributed by atoms with E-state index < -0.39 is 0 Å². The molecule has 0 aromatic heterocycles. The van der Waals surface area contributed by atoms with E-state index in [4.69, 9.17) is 5.73 Å². The molecule has 1 amide bonds. The number of carbonyl (C=O) groups is 1. The van der Waals surface area contributed by atoms with Crippen LogP contribution in [0.3, 0.4) is 0 Å². The smallest absolute Gasteiger partial charge is 0.224 e. The Morgan fingerprint density at radius 1 is 1.30 bits per heavy atom. The van der Waals surface area contributed by atoms with Gasteiger partial charge in [-0.25, -0.2) is 0 Å². The molecule has 3 N–H and O–H groups in total. The van der Waals surface area contributed by atoms with Crippen LogP contribution >= 0.6 is 31.9 Å². The van der Waals surface area contributed by atoms with Crippen molar-refractivity contribution in [2.75, 3.05) is 11.9 Å². The van der Waals surface area contributed by atoms with Crippen LogP contribution in [0, 0.1) is 18.8 Å². The van der Waals surface area contributed by atoms with Crippen molar-refractivity contribution in [1.82, 2.24) is 0 Å². The zero-order valence-electron chi connectivity index (χ0n) is 12.2. The highest BCUT2D eigenvalue weighted by atomic mass is 79.9. The monoisotopic (exact) mass is 404 g/mol. The Bertz CT molecular complexity index is 452. The van der Waals surface area contributed by atoms with Crippen LogP contribution in [-0.4, -0.2) is 12.5 Å². The molecule has 112 valence electrons. The maximum Gasteiger partial charge on any atom is 0.224 e. The number of nitrogens with two attached hydrogens (primary N) is 1. The van der Waals surface area contributed by atoms with Gasteiger partial charge in [-0.05, 0) is 81.3 Å². The van der Waals surface area contributed by atoms with Gasteiger partial charge >= 0.3 is 0 Å². The van der Waals surface area contributed by atoms with Gasteiger partial charge < -0.3 is 11.1 Å². The SMILES string of the molecule is Cc1cc(Br)c(NC(=O)C[C@@H](CN)CC(C)C)c(Br)c1. The third-order valence-electron chi connectivity index (χ3n) is 3.06. The van der Waals surface area contributed by atoms with Gasteiger partial charge in [-0.15, -0.1) is 0 Å². The van der Waals surface area contributed by atoms with Gasteiger partial charge in [0.05, 0.1) is 5.69 Å². The van der Waals surface area contributed by atoms with Gasteiger partial charge in [0, 0.05) is 15.4 Å². The van der Waals surface area contributed by atoms with Crippen LogP contribution in [0.2, 0.25) is 0 Å². The average molecular weight is 406 g/mol. The molecule has 0 saturated heterocycles. The second kappa shape index (κ2) is 8.15. The number of hydrogen-bond acceptors (Lipinski definition) is 2. The Balaban J connectivity index is 2.71. The summed E-state index contributed by atoms with van der Waals surface area (Å²) in [5, 5.41) is 2.96. The molecule has 1 aromatic carbocycles. The van der Waals surface area contributed by atoms with Crippen LogP contribution in [0.5, 0.6) is 0 Å². The van der Waals surface area contributed by atoms with E-state index in [0.29, 0.717) is 18.9 Å². The minimum absolute atomic E-state index is 0.00588. The zero-order chi connectivity index (χ0) is 15.3. The van der Waals surface area contributed by atoms with E-state index >= 15 is 0 Å². The normalized spacial score (nSPS) is 12.6. The third kappa shape index (κ3) is 5.54. The number of hydrogen-bond donors (Lipinski definition) is 2. The topological polar surface area (TPSA) is 55.1 Å². The Labute approximate surface area is 138 Å². The number of halogens is 2. The molecule has 3 nitrogen and oxygen atoms in total. The summed E-state index contributed by atoms with van der Waals surface area (Å²) < 4.78 is 1.76. The van der Waals surface area contributed by atoms with Gasteiger partial charge in [-0.2, -0.15) is 0 Å². The van der Waals surface area contributed by atoms with Crippen LogP contribution in [0.15, 0.2) is 21.1 Å². The lowest BCUT2D eigenvalue weighted by molar-refractivity contribution is -0.117. The summed E-state index contributed by atoms with van der Waals surface area (Å²) >= 11 is 6.96. The molecule has 0 aliphatic heterocycles. The fourth-order valence-corrected chi connectivity index (χ4v) is 3.82. The largest absolute Gasteiger partial charge is 0.330 e. The number of rotatable bonds is 6. The molecule has 0 saturated carbocycles. The number of nitrogens with one attached hydrogen (secondary N) is 1. The first-order valence-corrected chi connectivity index (χ1v) is 8.37. The summed E-state index contributed by atoms with van der Waals surface area (Å²) in [6.07, 6.45) is 1.43. The van der Waals surface area contributed by atoms with Crippen LogP contribution < -0.4 is 11.1 Å². The molecule has 0 radical (unpaired) electrons. The van der Waals surface area contributed by atoms with Gasteiger partial charge in [0.2, 0.25) is 5.91 Å². The third-order valence-corrected chi connectivity index (χ3v) is 4.31. The maximum absolute atomic E-state index is 12.1. The van der Waals surface area contributed by atoms with Crippen LogP contribution in [0.25, 0.3) is 0 Å². The number of anilines is 1. The minimum Gasteiger partial charge on any atom is -0.330 e. The molecular formula is C15H22Br2N2O. The minimum atomic E-state index is 0.00588. The van der Waals surface area contributed by atoms with Crippen LogP contribution in [-0.2, 0) is 4.79 Å². The predicted molar refractivity (Wildman–Crippen MR) is 91.8 cm³/mol. The maximum atomic E-state index is 12.1. The van der Waals surface area contributed by atoms with Gasteiger partial charge in [0.25, 0.3) is 0 Å². The molecule has 0 bridgehead atoms. The average Bonchev–Trinajstić information content (AvgIpc) is 2.32. The van der Waals surface area contributed by atoms with Crippen molar-refractivity contribution in [3.63, 3.8) is 0 Å². The highest BCUT2D eigenvalue weighted by Gasteiger charge is 2.16. The summed E-state index contributed by atoms with van der Waals surface area (Å²) in [6.45, 7) is 6.84. The van der Waals surface area contributed by atoms with E-state index in [-0.39, 0.29) is 11.8 Å². The van der Waals surface area contributed by atoms with E-state index in [9.17, 15) is 4.79 Å². The molecule has 0 heterocycles. The second-order valence-corrected chi connectivity index (χ2v) is 7.30. The predicted octanol–water partition coefficient (Wildman–Crippen LogP) is 4.47. The van der Waals surface area contributed by atoms with Crippen molar-refractivity contribution in [3.8, 4) is 0 Å². The number of aryl methyl sites for hydroxylation is 1. The fraction of sp³-hybridized carbons (Fsp3) is 0.533. The van der Waals surface area contributed by atoms with Crippen molar-refractivity contribution < 1.29 is 4.79 Å². The van der Waals surface area contributed by atoms with E-state index in [0.717, 1.165) is 26.6 Å². The van der Waals surface area contributed by atoms with Crippen molar-refractivity contribution in [2.24, 2.45) is 17.6 Å². The molecular weight excluding hydrogens is 384 g/mol. The lowest BCUT2D eigenvalue weighted by Gasteiger charge is -2.17. The summed E-state index contributed by atoms with van der Waals surface area (Å²) in [5.74, 6) is 0.790. The van der Waals surface area contributed by atoms with Crippen molar-refractivity contribution in [3.05, 3.63) is 26.6 Å². The van der Waals surface area contributed by atoms with E-state index in [1.807, 2.05) is 19.1 Å². The fourth-order valence-electron chi connectivity index (χ4n) is 2.20.